The van der Waals surface area contributed by atoms with Gasteiger partial charge in [0.1, 0.15) is 16.3 Å². The minimum atomic E-state index is -4.53. The molecule has 2 N–H and O–H groups in total. The molecule has 0 unspecified atom stereocenters. The monoisotopic (exact) mass is 446 g/mol. The number of nitrogens with zero attached hydrogens (tertiary/aromatic N) is 3. The van der Waals surface area contributed by atoms with E-state index in [0.717, 1.165) is 59.0 Å². The number of aromatic nitrogens is 3. The zero-order chi connectivity index (χ0) is 21.8. The van der Waals surface area contributed by atoms with Crippen molar-refractivity contribution in [1.29, 1.82) is 0 Å². The van der Waals surface area contributed by atoms with Gasteiger partial charge in [0.2, 0.25) is 5.95 Å². The van der Waals surface area contributed by atoms with E-state index >= 15 is 0 Å². The lowest BCUT2D eigenvalue weighted by molar-refractivity contribution is -0.141. The fourth-order valence-electron chi connectivity index (χ4n) is 4.03. The van der Waals surface area contributed by atoms with E-state index in [2.05, 4.69) is 20.3 Å². The number of hydrogen-bond donors (Lipinski definition) is 2. The molecule has 3 aromatic rings. The van der Waals surface area contributed by atoms with E-state index in [1.807, 2.05) is 25.1 Å². The summed E-state index contributed by atoms with van der Waals surface area (Å²) in [6.45, 7) is 1.91. The summed E-state index contributed by atoms with van der Waals surface area (Å²) in [7, 11) is 0. The van der Waals surface area contributed by atoms with Gasteiger partial charge in [-0.2, -0.15) is 13.2 Å². The molecule has 2 aliphatic carbocycles. The third-order valence-electron chi connectivity index (χ3n) is 5.81. The molecule has 5 rings (SSSR count). The second-order valence-electron chi connectivity index (χ2n) is 8.38. The van der Waals surface area contributed by atoms with Gasteiger partial charge in [-0.15, -0.1) is 11.3 Å². The van der Waals surface area contributed by atoms with E-state index in [4.69, 9.17) is 0 Å². The van der Waals surface area contributed by atoms with Gasteiger partial charge in [-0.25, -0.2) is 15.0 Å². The highest BCUT2D eigenvalue weighted by Crippen LogP contribution is 2.58. The first-order valence-electron chi connectivity index (χ1n) is 10.2. The SMILES string of the molecule is Cc1cc(Nc2nccc(C(F)(F)F)n2)cc(-c2cnc(C(O)(C3CC3)C3CC3)s2)c1. The number of aliphatic hydroxyl groups is 1. The van der Waals surface area contributed by atoms with E-state index in [1.54, 1.807) is 6.20 Å². The van der Waals surface area contributed by atoms with E-state index in [9.17, 15) is 18.3 Å². The van der Waals surface area contributed by atoms with Crippen LogP contribution in [0, 0.1) is 18.8 Å². The molecule has 0 aliphatic heterocycles. The smallest absolute Gasteiger partial charge is 0.382 e. The van der Waals surface area contributed by atoms with Crippen LogP contribution in [0.2, 0.25) is 0 Å². The molecule has 0 radical (unpaired) electrons. The zero-order valence-electron chi connectivity index (χ0n) is 16.8. The number of halogens is 3. The summed E-state index contributed by atoms with van der Waals surface area (Å²) in [6.07, 6.45) is 2.48. The average molecular weight is 446 g/mol. The Balaban J connectivity index is 1.43. The van der Waals surface area contributed by atoms with Crippen LogP contribution < -0.4 is 5.32 Å². The second kappa shape index (κ2) is 7.27. The van der Waals surface area contributed by atoms with Crippen molar-refractivity contribution in [2.45, 2.75) is 44.4 Å². The van der Waals surface area contributed by atoms with Gasteiger partial charge in [0, 0.05) is 18.1 Å². The lowest BCUT2D eigenvalue weighted by Crippen LogP contribution is -2.30. The van der Waals surface area contributed by atoms with E-state index in [-0.39, 0.29) is 5.95 Å². The summed E-state index contributed by atoms with van der Waals surface area (Å²) in [5.74, 6) is 0.479. The highest BCUT2D eigenvalue weighted by molar-refractivity contribution is 7.15. The van der Waals surface area contributed by atoms with Crippen LogP contribution in [0.25, 0.3) is 10.4 Å². The number of thiazole rings is 1. The van der Waals surface area contributed by atoms with Gasteiger partial charge in [-0.3, -0.25) is 0 Å². The first kappa shape index (κ1) is 20.4. The quantitative estimate of drug-likeness (QED) is 0.510. The second-order valence-corrected chi connectivity index (χ2v) is 9.41. The number of benzene rings is 1. The van der Waals surface area contributed by atoms with Crippen molar-refractivity contribution in [3.05, 3.63) is 52.9 Å². The van der Waals surface area contributed by atoms with Gasteiger partial charge in [0.05, 0.1) is 4.88 Å². The van der Waals surface area contributed by atoms with E-state index < -0.39 is 17.5 Å². The van der Waals surface area contributed by atoms with Crippen molar-refractivity contribution in [1.82, 2.24) is 15.0 Å². The summed E-state index contributed by atoms with van der Waals surface area (Å²) in [4.78, 5) is 13.0. The average Bonchev–Trinajstić information content (AvgIpc) is 3.64. The molecule has 31 heavy (non-hydrogen) atoms. The molecule has 2 fully saturated rings. The highest BCUT2D eigenvalue weighted by Gasteiger charge is 2.56. The Morgan fingerprint density at radius 1 is 1.06 bits per heavy atom. The minimum Gasteiger partial charge on any atom is -0.382 e. The van der Waals surface area contributed by atoms with Crippen LogP contribution in [0.15, 0.2) is 36.7 Å². The topological polar surface area (TPSA) is 70.9 Å². The number of rotatable bonds is 6. The molecule has 0 bridgehead atoms. The van der Waals surface area contributed by atoms with Crippen LogP contribution in [-0.4, -0.2) is 20.1 Å². The molecule has 2 saturated carbocycles. The standard InChI is InChI=1S/C22H21F3N4OS/c1-12-8-13(10-16(9-12)28-20-26-7-6-18(29-20)22(23,24)25)17-11-27-19(31-17)21(30,14-2-3-14)15-4-5-15/h6-11,14-15,30H,2-5H2,1H3,(H,26,28,29). The van der Waals surface area contributed by atoms with Crippen LogP contribution in [0.4, 0.5) is 24.8 Å². The largest absolute Gasteiger partial charge is 0.433 e. The molecule has 2 aromatic heterocycles. The number of hydrogen-bond acceptors (Lipinski definition) is 6. The first-order valence-corrected chi connectivity index (χ1v) is 11.0. The predicted molar refractivity (Wildman–Crippen MR) is 112 cm³/mol. The van der Waals surface area contributed by atoms with Gasteiger partial charge in [0.25, 0.3) is 0 Å². The molecule has 5 nitrogen and oxygen atoms in total. The number of aryl methyl sites for hydroxylation is 1. The van der Waals surface area contributed by atoms with Crippen LogP contribution in [0.3, 0.4) is 0 Å². The highest BCUT2D eigenvalue weighted by atomic mass is 32.1. The summed E-state index contributed by atoms with van der Waals surface area (Å²) >= 11 is 1.49. The third kappa shape index (κ3) is 4.04. The fourth-order valence-corrected chi connectivity index (χ4v) is 5.18. The Labute approximate surface area is 181 Å². The van der Waals surface area contributed by atoms with Crippen LogP contribution in [-0.2, 0) is 11.8 Å². The molecular formula is C22H21F3N4OS. The molecule has 0 spiro atoms. The third-order valence-corrected chi connectivity index (χ3v) is 7.00. The van der Waals surface area contributed by atoms with Crippen molar-refractivity contribution in [2.24, 2.45) is 11.8 Å². The first-order chi connectivity index (χ1) is 14.7. The maximum absolute atomic E-state index is 12.9. The summed E-state index contributed by atoms with van der Waals surface area (Å²) in [5.41, 5.74) is 0.585. The van der Waals surface area contributed by atoms with Crippen molar-refractivity contribution >= 4 is 23.0 Å². The summed E-state index contributed by atoms with van der Waals surface area (Å²) in [5, 5.41) is 15.0. The molecule has 9 heteroatoms. The molecule has 162 valence electrons. The Morgan fingerprint density at radius 2 is 1.77 bits per heavy atom. The molecule has 2 aliphatic rings. The Bertz CT molecular complexity index is 1110. The predicted octanol–water partition coefficient (Wildman–Crippen LogP) is 5.68. The Kier molecular flexibility index (Phi) is 4.78. The maximum Gasteiger partial charge on any atom is 0.433 e. The lowest BCUT2D eigenvalue weighted by atomic mass is 9.93. The van der Waals surface area contributed by atoms with Crippen LogP contribution in [0.5, 0.6) is 0 Å². The number of anilines is 2. The van der Waals surface area contributed by atoms with Gasteiger partial charge >= 0.3 is 6.18 Å². The number of nitrogens with one attached hydrogen (secondary N) is 1. The van der Waals surface area contributed by atoms with Crippen LogP contribution >= 0.6 is 11.3 Å². The molecule has 0 saturated heterocycles. The van der Waals surface area contributed by atoms with Gasteiger partial charge in [-0.05, 0) is 73.8 Å². The van der Waals surface area contributed by atoms with E-state index in [1.165, 1.54) is 11.3 Å². The van der Waals surface area contributed by atoms with Crippen molar-refractivity contribution in [3.63, 3.8) is 0 Å². The fraction of sp³-hybridized carbons (Fsp3) is 0.409. The minimum absolute atomic E-state index is 0.117. The van der Waals surface area contributed by atoms with E-state index in [0.29, 0.717) is 17.5 Å². The Hall–Kier alpha value is -2.52. The maximum atomic E-state index is 12.9. The lowest BCUT2D eigenvalue weighted by Gasteiger charge is -2.25. The van der Waals surface area contributed by atoms with Gasteiger partial charge < -0.3 is 10.4 Å². The van der Waals surface area contributed by atoms with Crippen molar-refractivity contribution < 1.29 is 18.3 Å². The van der Waals surface area contributed by atoms with Gasteiger partial charge in [0.15, 0.2) is 0 Å². The molecular weight excluding hydrogens is 425 g/mol. The van der Waals surface area contributed by atoms with Gasteiger partial charge in [-0.1, -0.05) is 6.07 Å². The molecule has 0 atom stereocenters. The zero-order valence-corrected chi connectivity index (χ0v) is 17.6. The normalized spacial score (nSPS) is 17.1. The molecule has 0 amide bonds. The number of alkyl halides is 3. The summed E-state index contributed by atoms with van der Waals surface area (Å²) in [6, 6.07) is 6.48. The Morgan fingerprint density at radius 3 is 2.42 bits per heavy atom. The van der Waals surface area contributed by atoms with Crippen molar-refractivity contribution in [3.8, 4) is 10.4 Å². The molecule has 1 aromatic carbocycles. The molecule has 2 heterocycles. The van der Waals surface area contributed by atoms with Crippen LogP contribution in [0.1, 0.15) is 41.9 Å². The van der Waals surface area contributed by atoms with Crippen molar-refractivity contribution in [2.75, 3.05) is 5.32 Å². The summed E-state index contributed by atoms with van der Waals surface area (Å²) < 4.78 is 38.8.